The number of hydrogen-bond acceptors (Lipinski definition) is 5. The van der Waals surface area contributed by atoms with Crippen molar-refractivity contribution in [3.63, 3.8) is 0 Å². The molecule has 2 N–H and O–H groups in total. The number of amides is 3. The Morgan fingerprint density at radius 1 is 1.30 bits per heavy atom. The summed E-state index contributed by atoms with van der Waals surface area (Å²) in [6.45, 7) is 5.77. The van der Waals surface area contributed by atoms with Crippen LogP contribution in [0, 0.1) is 0 Å². The van der Waals surface area contributed by atoms with E-state index >= 15 is 0 Å². The highest BCUT2D eigenvalue weighted by Gasteiger charge is 2.43. The van der Waals surface area contributed by atoms with Crippen molar-refractivity contribution in [2.45, 2.75) is 51.1 Å². The van der Waals surface area contributed by atoms with Crippen LogP contribution < -0.4 is 5.32 Å². The molecule has 0 bridgehead atoms. The Hall–Kier alpha value is -1.96. The van der Waals surface area contributed by atoms with Crippen LogP contribution in [0.25, 0.3) is 0 Å². The molecule has 0 radical (unpaired) electrons. The van der Waals surface area contributed by atoms with Crippen molar-refractivity contribution in [1.82, 2.24) is 30.3 Å². The number of H-pyrrole nitrogens is 1. The van der Waals surface area contributed by atoms with E-state index in [9.17, 15) is 9.59 Å². The van der Waals surface area contributed by atoms with Crippen LogP contribution in [-0.2, 0) is 4.79 Å². The molecule has 1 atom stereocenters. The van der Waals surface area contributed by atoms with Gasteiger partial charge in [-0.1, -0.05) is 6.42 Å². The Kier molecular flexibility index (Phi) is 4.34. The predicted octanol–water partition coefficient (Wildman–Crippen LogP) is 1.05. The van der Waals surface area contributed by atoms with Crippen LogP contribution in [0.1, 0.15) is 51.4 Å². The number of imide groups is 1. The molecule has 126 valence electrons. The molecule has 8 heteroatoms. The molecule has 1 aromatic heterocycles. The average Bonchev–Trinajstić information content (AvgIpc) is 3.10. The van der Waals surface area contributed by atoms with E-state index in [1.54, 1.807) is 13.8 Å². The van der Waals surface area contributed by atoms with Crippen molar-refractivity contribution in [3.05, 3.63) is 12.2 Å². The van der Waals surface area contributed by atoms with Crippen molar-refractivity contribution in [3.8, 4) is 0 Å². The molecule has 0 saturated carbocycles. The van der Waals surface area contributed by atoms with E-state index in [1.165, 1.54) is 24.1 Å². The van der Waals surface area contributed by atoms with Crippen LogP contribution >= 0.6 is 0 Å². The summed E-state index contributed by atoms with van der Waals surface area (Å²) in [6, 6.07) is -0.0313. The van der Waals surface area contributed by atoms with Gasteiger partial charge >= 0.3 is 6.03 Å². The molecule has 2 fully saturated rings. The molecule has 2 saturated heterocycles. The third-order valence-electron chi connectivity index (χ3n) is 4.63. The van der Waals surface area contributed by atoms with E-state index in [0.29, 0.717) is 6.54 Å². The van der Waals surface area contributed by atoms with Gasteiger partial charge < -0.3 is 5.32 Å². The molecule has 3 heterocycles. The number of rotatable bonds is 5. The van der Waals surface area contributed by atoms with Gasteiger partial charge in [0.05, 0.1) is 6.04 Å². The van der Waals surface area contributed by atoms with Crippen LogP contribution in [0.4, 0.5) is 4.79 Å². The third-order valence-corrected chi connectivity index (χ3v) is 4.63. The number of carbonyl (C=O) groups excluding carboxylic acids is 2. The Balaban J connectivity index is 1.55. The van der Waals surface area contributed by atoms with E-state index in [1.807, 2.05) is 0 Å². The van der Waals surface area contributed by atoms with Crippen LogP contribution in [0.5, 0.6) is 0 Å². The highest BCUT2D eigenvalue weighted by molar-refractivity contribution is 6.06. The lowest BCUT2D eigenvalue weighted by molar-refractivity contribution is -0.130. The van der Waals surface area contributed by atoms with Crippen molar-refractivity contribution < 1.29 is 9.59 Å². The zero-order chi connectivity index (χ0) is 16.4. The first-order valence-corrected chi connectivity index (χ1v) is 8.22. The molecule has 8 nitrogen and oxygen atoms in total. The highest BCUT2D eigenvalue weighted by atomic mass is 16.2. The third kappa shape index (κ3) is 3.21. The van der Waals surface area contributed by atoms with Gasteiger partial charge in [-0.2, -0.15) is 5.10 Å². The first-order valence-electron chi connectivity index (χ1n) is 8.22. The molecule has 3 amide bonds. The topological polar surface area (TPSA) is 94.2 Å². The Labute approximate surface area is 135 Å². The van der Waals surface area contributed by atoms with Gasteiger partial charge in [-0.25, -0.2) is 9.78 Å². The number of hydrogen-bond donors (Lipinski definition) is 2. The number of likely N-dealkylation sites (tertiary alicyclic amines) is 1. The van der Waals surface area contributed by atoms with Crippen molar-refractivity contribution in [1.29, 1.82) is 0 Å². The molecule has 2 aliphatic rings. The van der Waals surface area contributed by atoms with E-state index in [0.717, 1.165) is 31.8 Å². The first-order chi connectivity index (χ1) is 11.0. The van der Waals surface area contributed by atoms with Crippen LogP contribution in [0.15, 0.2) is 6.33 Å². The summed E-state index contributed by atoms with van der Waals surface area (Å²) in [6.07, 6.45) is 5.71. The lowest BCUT2D eigenvalue weighted by Crippen LogP contribution is -2.41. The quantitative estimate of drug-likeness (QED) is 0.791. The maximum Gasteiger partial charge on any atom is 0.325 e. The SMILES string of the molecule is CC1(C)NC(=O)N(CCCN2CCCCC2c2ncn[nH]2)C1=O. The van der Waals surface area contributed by atoms with E-state index < -0.39 is 5.54 Å². The molecular weight excluding hydrogens is 296 g/mol. The largest absolute Gasteiger partial charge is 0.325 e. The first kappa shape index (κ1) is 15.9. The highest BCUT2D eigenvalue weighted by Crippen LogP contribution is 2.28. The van der Waals surface area contributed by atoms with Crippen molar-refractivity contribution in [2.24, 2.45) is 0 Å². The molecule has 1 unspecified atom stereocenters. The summed E-state index contributed by atoms with van der Waals surface area (Å²) >= 11 is 0. The second-order valence-electron chi connectivity index (χ2n) is 6.78. The maximum atomic E-state index is 12.2. The molecule has 0 aliphatic carbocycles. The van der Waals surface area contributed by atoms with Crippen molar-refractivity contribution >= 4 is 11.9 Å². The Morgan fingerprint density at radius 2 is 2.13 bits per heavy atom. The number of aromatic amines is 1. The second kappa shape index (κ2) is 6.27. The summed E-state index contributed by atoms with van der Waals surface area (Å²) in [4.78, 5) is 32.0. The lowest BCUT2D eigenvalue weighted by atomic mass is 10.0. The zero-order valence-corrected chi connectivity index (χ0v) is 13.7. The Bertz CT molecular complexity index is 571. The zero-order valence-electron chi connectivity index (χ0n) is 13.7. The number of carbonyl (C=O) groups is 2. The van der Waals surface area contributed by atoms with Crippen LogP contribution in [-0.4, -0.2) is 62.1 Å². The monoisotopic (exact) mass is 320 g/mol. The molecule has 3 rings (SSSR count). The fourth-order valence-electron chi connectivity index (χ4n) is 3.40. The summed E-state index contributed by atoms with van der Waals surface area (Å²) in [5.74, 6) is 0.758. The van der Waals surface area contributed by atoms with Crippen LogP contribution in [0.2, 0.25) is 0 Å². The van der Waals surface area contributed by atoms with E-state index in [-0.39, 0.29) is 18.0 Å². The maximum absolute atomic E-state index is 12.2. The second-order valence-corrected chi connectivity index (χ2v) is 6.78. The molecule has 2 aliphatic heterocycles. The smallest absolute Gasteiger partial charge is 0.324 e. The molecule has 0 spiro atoms. The Morgan fingerprint density at radius 3 is 2.78 bits per heavy atom. The number of aromatic nitrogens is 3. The van der Waals surface area contributed by atoms with Gasteiger partial charge in [-0.15, -0.1) is 0 Å². The van der Waals surface area contributed by atoms with Gasteiger partial charge in [0.15, 0.2) is 0 Å². The van der Waals surface area contributed by atoms with E-state index in [2.05, 4.69) is 25.4 Å². The van der Waals surface area contributed by atoms with E-state index in [4.69, 9.17) is 0 Å². The van der Waals surface area contributed by atoms with Gasteiger partial charge in [0, 0.05) is 13.1 Å². The molecular formula is C15H24N6O2. The minimum Gasteiger partial charge on any atom is -0.324 e. The summed E-state index contributed by atoms with van der Waals surface area (Å²) in [7, 11) is 0. The van der Waals surface area contributed by atoms with Crippen molar-refractivity contribution in [2.75, 3.05) is 19.6 Å². The van der Waals surface area contributed by atoms with Crippen LogP contribution in [0.3, 0.4) is 0 Å². The van der Waals surface area contributed by atoms with Gasteiger partial charge in [0.2, 0.25) is 0 Å². The van der Waals surface area contributed by atoms with Gasteiger partial charge in [0.1, 0.15) is 17.7 Å². The van der Waals surface area contributed by atoms with Gasteiger partial charge in [0.25, 0.3) is 5.91 Å². The fourth-order valence-corrected chi connectivity index (χ4v) is 3.40. The lowest BCUT2D eigenvalue weighted by Gasteiger charge is -2.34. The number of piperidine rings is 1. The predicted molar refractivity (Wildman–Crippen MR) is 83.5 cm³/mol. The number of urea groups is 1. The summed E-state index contributed by atoms with van der Waals surface area (Å²) in [5, 5.41) is 9.62. The minimum atomic E-state index is -0.787. The standard InChI is InChI=1S/C15H24N6O2/c1-15(2)13(22)21(14(23)18-15)9-5-8-20-7-4-3-6-11(20)12-16-10-17-19-12/h10-11H,3-9H2,1-2H3,(H,18,23)(H,16,17,19). The number of nitrogens with zero attached hydrogens (tertiary/aromatic N) is 4. The molecule has 23 heavy (non-hydrogen) atoms. The van der Waals surface area contributed by atoms with Gasteiger partial charge in [-0.05, 0) is 39.7 Å². The summed E-state index contributed by atoms with van der Waals surface area (Å²) < 4.78 is 0. The molecule has 1 aromatic rings. The fraction of sp³-hybridized carbons (Fsp3) is 0.733. The minimum absolute atomic E-state index is 0.145. The normalized spacial score (nSPS) is 25.0. The number of nitrogens with one attached hydrogen (secondary N) is 2. The average molecular weight is 320 g/mol. The summed E-state index contributed by atoms with van der Waals surface area (Å²) in [5.41, 5.74) is -0.787. The molecule has 0 aromatic carbocycles. The van der Waals surface area contributed by atoms with Gasteiger partial charge in [-0.3, -0.25) is 19.7 Å².